The van der Waals surface area contributed by atoms with Gasteiger partial charge < -0.3 is 10.6 Å². The fraction of sp³-hybridized carbons (Fsp3) is 0. The quantitative estimate of drug-likeness (QED) is 0.199. The minimum absolute atomic E-state index is 0.168. The summed E-state index contributed by atoms with van der Waals surface area (Å²) in [6.07, 6.45) is 1.24. The van der Waals surface area contributed by atoms with Gasteiger partial charge in [-0.05, 0) is 42.1 Å². The summed E-state index contributed by atoms with van der Waals surface area (Å²) in [5.74, 6) is -0.697. The standard InChI is InChI=1S/C17H11N5O3S/c18-9-12(10-20-13-4-6-16(7-5-13)26-11-19)17(23)21-14-2-1-3-15(8-14)22(24)25/h1-8,10,20H,(H,21,23)/b12-10-. The van der Waals surface area contributed by atoms with Gasteiger partial charge in [0, 0.05) is 34.6 Å². The molecular weight excluding hydrogens is 354 g/mol. The summed E-state index contributed by atoms with van der Waals surface area (Å²) in [5.41, 5.74) is 0.470. The summed E-state index contributed by atoms with van der Waals surface area (Å²) in [4.78, 5) is 23.1. The molecule has 0 bridgehead atoms. The van der Waals surface area contributed by atoms with Crippen LogP contribution in [-0.2, 0) is 4.79 Å². The Bertz CT molecular complexity index is 942. The number of carbonyl (C=O) groups is 1. The van der Waals surface area contributed by atoms with Crippen molar-refractivity contribution >= 4 is 34.7 Å². The normalized spacial score (nSPS) is 10.3. The molecule has 1 amide bonds. The number of amides is 1. The van der Waals surface area contributed by atoms with Crippen LogP contribution in [0.15, 0.2) is 65.2 Å². The van der Waals surface area contributed by atoms with Crippen molar-refractivity contribution in [2.24, 2.45) is 0 Å². The average Bonchev–Trinajstić information content (AvgIpc) is 2.64. The summed E-state index contributed by atoms with van der Waals surface area (Å²) in [6, 6.07) is 14.0. The molecule has 0 aromatic heterocycles. The topological polar surface area (TPSA) is 132 Å². The summed E-state index contributed by atoms with van der Waals surface area (Å²) in [5, 5.41) is 35.7. The van der Waals surface area contributed by atoms with Crippen molar-refractivity contribution in [2.75, 3.05) is 10.6 Å². The highest BCUT2D eigenvalue weighted by atomic mass is 32.2. The van der Waals surface area contributed by atoms with Gasteiger partial charge in [0.15, 0.2) is 0 Å². The third-order valence-electron chi connectivity index (χ3n) is 3.08. The molecule has 0 spiro atoms. The predicted octanol–water partition coefficient (Wildman–Crippen LogP) is 3.63. The van der Waals surface area contributed by atoms with Crippen molar-refractivity contribution < 1.29 is 9.72 Å². The first kappa shape index (κ1) is 18.5. The number of hydrogen-bond donors (Lipinski definition) is 2. The number of anilines is 2. The molecule has 0 aliphatic heterocycles. The third kappa shape index (κ3) is 5.09. The third-order valence-corrected chi connectivity index (χ3v) is 3.68. The average molecular weight is 365 g/mol. The van der Waals surface area contributed by atoms with Crippen LogP contribution in [-0.4, -0.2) is 10.8 Å². The van der Waals surface area contributed by atoms with Gasteiger partial charge in [0.05, 0.1) is 4.92 Å². The van der Waals surface area contributed by atoms with E-state index in [0.717, 1.165) is 16.7 Å². The second-order valence-corrected chi connectivity index (χ2v) is 5.65. The van der Waals surface area contributed by atoms with Crippen LogP contribution < -0.4 is 10.6 Å². The van der Waals surface area contributed by atoms with Gasteiger partial charge in [-0.1, -0.05) is 6.07 Å². The first-order valence-corrected chi connectivity index (χ1v) is 7.93. The number of non-ortho nitro benzene ring substituents is 1. The van der Waals surface area contributed by atoms with Gasteiger partial charge in [0.1, 0.15) is 17.0 Å². The molecule has 0 radical (unpaired) electrons. The first-order chi connectivity index (χ1) is 12.5. The van der Waals surface area contributed by atoms with Gasteiger partial charge in [-0.2, -0.15) is 10.5 Å². The molecule has 8 nitrogen and oxygen atoms in total. The summed E-state index contributed by atoms with van der Waals surface area (Å²) < 4.78 is 0. The van der Waals surface area contributed by atoms with Crippen LogP contribution in [0.2, 0.25) is 0 Å². The molecule has 0 saturated heterocycles. The summed E-state index contributed by atoms with van der Waals surface area (Å²) in [6.45, 7) is 0. The number of nitrogens with one attached hydrogen (secondary N) is 2. The SMILES string of the molecule is N#CSc1ccc(N/C=C(/C#N)C(=O)Nc2cccc([N+](=O)[O-])c2)cc1. The fourth-order valence-electron chi connectivity index (χ4n) is 1.87. The summed E-state index contributed by atoms with van der Waals surface area (Å²) in [7, 11) is 0. The van der Waals surface area contributed by atoms with E-state index in [2.05, 4.69) is 10.6 Å². The second kappa shape index (κ2) is 8.87. The van der Waals surface area contributed by atoms with Gasteiger partial charge in [-0.3, -0.25) is 14.9 Å². The Hall–Kier alpha value is -3.82. The van der Waals surface area contributed by atoms with E-state index in [1.165, 1.54) is 30.5 Å². The van der Waals surface area contributed by atoms with E-state index in [9.17, 15) is 14.9 Å². The van der Waals surface area contributed by atoms with E-state index in [1.807, 2.05) is 5.40 Å². The Balaban J connectivity index is 2.07. The zero-order chi connectivity index (χ0) is 18.9. The molecule has 2 rings (SSSR count). The minimum Gasteiger partial charge on any atom is -0.360 e. The fourth-order valence-corrected chi connectivity index (χ4v) is 2.25. The molecule has 26 heavy (non-hydrogen) atoms. The number of nitro groups is 1. The van der Waals surface area contributed by atoms with Crippen LogP contribution >= 0.6 is 11.8 Å². The molecular formula is C17H11N5O3S. The van der Waals surface area contributed by atoms with Crippen molar-refractivity contribution in [3.8, 4) is 11.5 Å². The molecule has 0 heterocycles. The van der Waals surface area contributed by atoms with Crippen LogP contribution in [0.1, 0.15) is 0 Å². The summed E-state index contributed by atoms with van der Waals surface area (Å²) >= 11 is 1.02. The first-order valence-electron chi connectivity index (χ1n) is 7.12. The maximum atomic E-state index is 12.1. The zero-order valence-corrected chi connectivity index (χ0v) is 14.0. The molecule has 2 aromatic rings. The van der Waals surface area contributed by atoms with Crippen molar-refractivity contribution in [1.82, 2.24) is 0 Å². The Morgan fingerprint density at radius 1 is 1.15 bits per heavy atom. The molecule has 128 valence electrons. The van der Waals surface area contributed by atoms with Gasteiger partial charge in [0.25, 0.3) is 11.6 Å². The van der Waals surface area contributed by atoms with Crippen molar-refractivity contribution in [3.05, 3.63) is 70.4 Å². The maximum Gasteiger partial charge on any atom is 0.271 e. The lowest BCUT2D eigenvalue weighted by Crippen LogP contribution is -2.14. The number of nitrogens with zero attached hydrogens (tertiary/aromatic N) is 3. The molecule has 0 unspecified atom stereocenters. The zero-order valence-electron chi connectivity index (χ0n) is 13.2. The highest BCUT2D eigenvalue weighted by Gasteiger charge is 2.12. The number of benzene rings is 2. The smallest absolute Gasteiger partial charge is 0.271 e. The molecule has 2 aromatic carbocycles. The molecule has 0 aliphatic carbocycles. The van der Waals surface area contributed by atoms with Crippen molar-refractivity contribution in [2.45, 2.75) is 4.90 Å². The maximum absolute atomic E-state index is 12.1. The van der Waals surface area contributed by atoms with Crippen LogP contribution in [0.25, 0.3) is 0 Å². The Labute approximate surface area is 152 Å². The molecule has 0 atom stereocenters. The van der Waals surface area contributed by atoms with Crippen LogP contribution in [0.4, 0.5) is 17.1 Å². The number of thiocyanates is 1. The van der Waals surface area contributed by atoms with Gasteiger partial charge in [-0.15, -0.1) is 0 Å². The Morgan fingerprint density at radius 2 is 1.88 bits per heavy atom. The van der Waals surface area contributed by atoms with Crippen molar-refractivity contribution in [1.29, 1.82) is 10.5 Å². The highest BCUT2D eigenvalue weighted by Crippen LogP contribution is 2.20. The number of nitriles is 2. The van der Waals surface area contributed by atoms with Crippen molar-refractivity contribution in [3.63, 3.8) is 0 Å². The second-order valence-electron chi connectivity index (χ2n) is 4.79. The van der Waals surface area contributed by atoms with E-state index >= 15 is 0 Å². The van der Waals surface area contributed by atoms with Crippen LogP contribution in [0.3, 0.4) is 0 Å². The van der Waals surface area contributed by atoms with E-state index in [0.29, 0.717) is 5.69 Å². The van der Waals surface area contributed by atoms with Gasteiger partial charge >= 0.3 is 0 Å². The molecule has 2 N–H and O–H groups in total. The van der Waals surface area contributed by atoms with E-state index < -0.39 is 10.8 Å². The van der Waals surface area contributed by atoms with Crippen LogP contribution in [0.5, 0.6) is 0 Å². The highest BCUT2D eigenvalue weighted by molar-refractivity contribution is 8.03. The molecule has 9 heteroatoms. The van der Waals surface area contributed by atoms with E-state index in [1.54, 1.807) is 30.3 Å². The lowest BCUT2D eigenvalue weighted by atomic mass is 10.2. The Kier molecular flexibility index (Phi) is 6.32. The predicted molar refractivity (Wildman–Crippen MR) is 97.0 cm³/mol. The van der Waals surface area contributed by atoms with Crippen LogP contribution in [0, 0.1) is 32.1 Å². The van der Waals surface area contributed by atoms with E-state index in [4.69, 9.17) is 10.5 Å². The van der Waals surface area contributed by atoms with Gasteiger partial charge in [0.2, 0.25) is 0 Å². The van der Waals surface area contributed by atoms with E-state index in [-0.39, 0.29) is 16.9 Å². The monoisotopic (exact) mass is 365 g/mol. The minimum atomic E-state index is -0.697. The van der Waals surface area contributed by atoms with Gasteiger partial charge in [-0.25, -0.2) is 0 Å². The number of rotatable bonds is 6. The number of hydrogen-bond acceptors (Lipinski definition) is 7. The lowest BCUT2D eigenvalue weighted by Gasteiger charge is -2.05. The number of carbonyl (C=O) groups excluding carboxylic acids is 1. The molecule has 0 saturated carbocycles. The number of thioether (sulfide) groups is 1. The lowest BCUT2D eigenvalue weighted by molar-refractivity contribution is -0.384. The number of nitro benzene ring substituents is 1. The molecule has 0 fully saturated rings. The largest absolute Gasteiger partial charge is 0.360 e. The molecule has 0 aliphatic rings. The Morgan fingerprint density at radius 3 is 2.50 bits per heavy atom.